The Labute approximate surface area is 188 Å². The molecule has 1 aromatic carbocycles. The Kier molecular flexibility index (Phi) is 6.04. The lowest BCUT2D eigenvalue weighted by Crippen LogP contribution is -2.37. The number of hydrogen-bond donors (Lipinski definition) is 3. The summed E-state index contributed by atoms with van der Waals surface area (Å²) in [7, 11) is 0. The van der Waals surface area contributed by atoms with E-state index in [2.05, 4.69) is 22.0 Å². The molecule has 0 unspecified atom stereocenters. The van der Waals surface area contributed by atoms with E-state index in [1.807, 2.05) is 12.3 Å². The smallest absolute Gasteiger partial charge is 0.248 e. The first kappa shape index (κ1) is 21.4. The minimum atomic E-state index is -0.524. The van der Waals surface area contributed by atoms with Gasteiger partial charge in [-0.2, -0.15) is 5.10 Å². The number of hydrogen-bond acceptors (Lipinski definition) is 4. The van der Waals surface area contributed by atoms with Gasteiger partial charge in [0.1, 0.15) is 6.61 Å². The molecule has 1 aliphatic heterocycles. The summed E-state index contributed by atoms with van der Waals surface area (Å²) in [5.41, 5.74) is 4.15. The molecule has 1 aliphatic rings. The molecule has 31 heavy (non-hydrogen) atoms. The zero-order valence-electron chi connectivity index (χ0n) is 16.6. The molecule has 3 aromatic rings. The number of carbonyl (C=O) groups is 2. The van der Waals surface area contributed by atoms with Crippen LogP contribution in [0.2, 0.25) is 10.0 Å². The quantitative estimate of drug-likeness (QED) is 0.490. The van der Waals surface area contributed by atoms with Crippen LogP contribution >= 0.6 is 23.2 Å². The molecule has 0 spiro atoms. The normalized spacial score (nSPS) is 13.3. The maximum atomic E-state index is 12.1. The van der Waals surface area contributed by atoms with E-state index < -0.39 is 6.61 Å². The number of fused-ring (bicyclic) bond motifs is 3. The molecule has 8 nitrogen and oxygen atoms in total. The highest BCUT2D eigenvalue weighted by Gasteiger charge is 2.27. The van der Waals surface area contributed by atoms with Crippen molar-refractivity contribution in [2.24, 2.45) is 0 Å². The predicted molar refractivity (Wildman–Crippen MR) is 119 cm³/mol. The van der Waals surface area contributed by atoms with Crippen molar-refractivity contribution in [1.82, 2.24) is 25.0 Å². The molecule has 0 bridgehead atoms. The van der Waals surface area contributed by atoms with Crippen molar-refractivity contribution in [2.45, 2.75) is 19.5 Å². The molecule has 0 aliphatic carbocycles. The number of benzene rings is 1. The number of carbonyl (C=O) groups excluding carboxylic acids is 2. The van der Waals surface area contributed by atoms with E-state index in [4.69, 9.17) is 23.2 Å². The first-order chi connectivity index (χ1) is 14.9. The Hall–Kier alpha value is -2.81. The standard InChI is InChI=1S/C21H21Cl2N5O3/c1-2-17(30)24-5-8-28-7-4-16(26-28)12-9-14(22)20(23)21-19(12)13-10-27(18(31)11-29)6-3-15(13)25-21/h2,4,7,9,25,29H,1,3,5-6,8,10-11H2,(H,24,30). The van der Waals surface area contributed by atoms with Crippen molar-refractivity contribution in [2.75, 3.05) is 19.7 Å². The van der Waals surface area contributed by atoms with Crippen molar-refractivity contribution >= 4 is 45.9 Å². The van der Waals surface area contributed by atoms with Crippen molar-refractivity contribution in [3.63, 3.8) is 0 Å². The van der Waals surface area contributed by atoms with Crippen LogP contribution < -0.4 is 5.32 Å². The molecule has 10 heteroatoms. The van der Waals surface area contributed by atoms with Gasteiger partial charge in [-0.15, -0.1) is 0 Å². The number of rotatable bonds is 6. The molecule has 3 N–H and O–H groups in total. The molecule has 4 rings (SSSR count). The molecule has 0 fully saturated rings. The van der Waals surface area contributed by atoms with Gasteiger partial charge in [-0.25, -0.2) is 0 Å². The molecule has 0 saturated carbocycles. The highest BCUT2D eigenvalue weighted by Crippen LogP contribution is 2.41. The second kappa shape index (κ2) is 8.74. The average molecular weight is 462 g/mol. The van der Waals surface area contributed by atoms with Gasteiger partial charge in [0.2, 0.25) is 11.8 Å². The maximum absolute atomic E-state index is 12.1. The van der Waals surface area contributed by atoms with Crippen LogP contribution in [0.4, 0.5) is 0 Å². The molecule has 2 amide bonds. The van der Waals surface area contributed by atoms with Crippen molar-refractivity contribution in [3.05, 3.63) is 52.3 Å². The van der Waals surface area contributed by atoms with Crippen molar-refractivity contribution < 1.29 is 14.7 Å². The molecule has 162 valence electrons. The SMILES string of the molecule is C=CC(=O)NCCn1ccc(-c2cc(Cl)c(Cl)c3[nH]c4c(c23)CN(C(=O)CO)CC4)n1. The van der Waals surface area contributed by atoms with Crippen molar-refractivity contribution in [1.29, 1.82) is 0 Å². The van der Waals surface area contributed by atoms with E-state index in [9.17, 15) is 14.7 Å². The number of halogens is 2. The fourth-order valence-electron chi connectivity index (χ4n) is 3.85. The van der Waals surface area contributed by atoms with E-state index in [1.54, 1.807) is 15.6 Å². The fourth-order valence-corrected chi connectivity index (χ4v) is 4.25. The van der Waals surface area contributed by atoms with Gasteiger partial charge in [0.15, 0.2) is 0 Å². The monoisotopic (exact) mass is 461 g/mol. The predicted octanol–water partition coefficient (Wildman–Crippen LogP) is 2.52. The van der Waals surface area contributed by atoms with Crippen LogP contribution in [0, 0.1) is 0 Å². The topological polar surface area (TPSA) is 103 Å². The average Bonchev–Trinajstić information content (AvgIpc) is 3.40. The molecular weight excluding hydrogens is 441 g/mol. The van der Waals surface area contributed by atoms with Gasteiger partial charge >= 0.3 is 0 Å². The minimum Gasteiger partial charge on any atom is -0.387 e. The van der Waals surface area contributed by atoms with Crippen LogP contribution in [-0.4, -0.2) is 56.3 Å². The van der Waals surface area contributed by atoms with E-state index in [-0.39, 0.29) is 11.8 Å². The number of amides is 2. The highest BCUT2D eigenvalue weighted by atomic mass is 35.5. The Balaban J connectivity index is 1.73. The summed E-state index contributed by atoms with van der Waals surface area (Å²) < 4.78 is 1.73. The Morgan fingerprint density at radius 3 is 2.94 bits per heavy atom. The van der Waals surface area contributed by atoms with Crippen LogP contribution in [0.25, 0.3) is 22.2 Å². The zero-order valence-corrected chi connectivity index (χ0v) is 18.1. The van der Waals surface area contributed by atoms with E-state index in [1.165, 1.54) is 6.08 Å². The molecule has 0 saturated heterocycles. The number of aliphatic hydroxyl groups is 1. The first-order valence-electron chi connectivity index (χ1n) is 9.77. The summed E-state index contributed by atoms with van der Waals surface area (Å²) in [6, 6.07) is 3.65. The first-order valence-corrected chi connectivity index (χ1v) is 10.5. The van der Waals surface area contributed by atoms with Gasteiger partial charge in [-0.05, 0) is 18.2 Å². The minimum absolute atomic E-state index is 0.237. The van der Waals surface area contributed by atoms with Gasteiger partial charge in [-0.1, -0.05) is 29.8 Å². The molecule has 0 atom stereocenters. The lowest BCUT2D eigenvalue weighted by molar-refractivity contribution is -0.135. The second-order valence-corrected chi connectivity index (χ2v) is 8.02. The lowest BCUT2D eigenvalue weighted by atomic mass is 9.99. The van der Waals surface area contributed by atoms with Gasteiger partial charge < -0.3 is 20.3 Å². The van der Waals surface area contributed by atoms with Crippen LogP contribution in [0.5, 0.6) is 0 Å². The number of aliphatic hydroxyl groups excluding tert-OH is 1. The molecule has 2 aromatic heterocycles. The molecule has 0 radical (unpaired) electrons. The summed E-state index contributed by atoms with van der Waals surface area (Å²) >= 11 is 12.9. The molecular formula is C21H21Cl2N5O3. The van der Waals surface area contributed by atoms with Crippen LogP contribution in [0.15, 0.2) is 31.0 Å². The highest BCUT2D eigenvalue weighted by molar-refractivity contribution is 6.45. The Bertz CT molecular complexity index is 1180. The largest absolute Gasteiger partial charge is 0.387 e. The summed E-state index contributed by atoms with van der Waals surface area (Å²) in [5.74, 6) is -0.549. The van der Waals surface area contributed by atoms with Crippen molar-refractivity contribution in [3.8, 4) is 11.3 Å². The van der Waals surface area contributed by atoms with E-state index in [0.717, 1.165) is 22.2 Å². The van der Waals surface area contributed by atoms with Crippen LogP contribution in [-0.2, 0) is 29.1 Å². The van der Waals surface area contributed by atoms with Crippen LogP contribution in [0.3, 0.4) is 0 Å². The van der Waals surface area contributed by atoms with Crippen LogP contribution in [0.1, 0.15) is 11.3 Å². The summed E-state index contributed by atoms with van der Waals surface area (Å²) in [6.07, 6.45) is 3.67. The summed E-state index contributed by atoms with van der Waals surface area (Å²) in [6.45, 7) is 4.70. The lowest BCUT2D eigenvalue weighted by Gasteiger charge is -2.26. The van der Waals surface area contributed by atoms with E-state index in [0.29, 0.717) is 53.9 Å². The number of H-pyrrole nitrogens is 1. The van der Waals surface area contributed by atoms with Gasteiger partial charge in [0, 0.05) is 54.5 Å². The second-order valence-electron chi connectivity index (χ2n) is 7.23. The molecule has 3 heterocycles. The van der Waals surface area contributed by atoms with Gasteiger partial charge in [0.05, 0.1) is 27.8 Å². The van der Waals surface area contributed by atoms with Gasteiger partial charge in [0.25, 0.3) is 0 Å². The number of nitrogens with zero attached hydrogens (tertiary/aromatic N) is 3. The fraction of sp³-hybridized carbons (Fsp3) is 0.286. The third-order valence-electron chi connectivity index (χ3n) is 5.37. The number of aromatic amines is 1. The summed E-state index contributed by atoms with van der Waals surface area (Å²) in [4.78, 5) is 28.4. The third kappa shape index (κ3) is 4.06. The number of aromatic nitrogens is 3. The van der Waals surface area contributed by atoms with E-state index >= 15 is 0 Å². The zero-order chi connectivity index (χ0) is 22.1. The van der Waals surface area contributed by atoms with Gasteiger partial charge in [-0.3, -0.25) is 14.3 Å². The third-order valence-corrected chi connectivity index (χ3v) is 6.16. The maximum Gasteiger partial charge on any atom is 0.248 e. The Morgan fingerprint density at radius 1 is 1.39 bits per heavy atom. The number of nitrogens with one attached hydrogen (secondary N) is 2. The summed E-state index contributed by atoms with van der Waals surface area (Å²) in [5, 5.41) is 18.3. The Morgan fingerprint density at radius 2 is 2.19 bits per heavy atom.